The van der Waals surface area contributed by atoms with Crippen molar-refractivity contribution in [2.24, 2.45) is 5.92 Å². The number of nitrogens with zero attached hydrogens (tertiary/aromatic N) is 2. The van der Waals surface area contributed by atoms with Crippen LogP contribution in [-0.2, 0) is 23.9 Å². The standard InChI is InChI=1S/C24H42N4O5/c1-6-7-13-33-14-9-11-26-23(31)20-10-8-12-28(20)24(32)19(4)15-21(18(2)3)27(5)22(30)16-25-17-29/h15,17-18,20-21H,6-14,16H2,1-5H3,(H,25,29)(H,26,31)/b19-15+/t20-,21?/m0/s1. The van der Waals surface area contributed by atoms with E-state index >= 15 is 0 Å². The van der Waals surface area contributed by atoms with Gasteiger partial charge in [0.15, 0.2) is 0 Å². The summed E-state index contributed by atoms with van der Waals surface area (Å²) in [4.78, 5) is 51.8. The van der Waals surface area contributed by atoms with Crippen molar-refractivity contribution in [1.29, 1.82) is 0 Å². The fourth-order valence-corrected chi connectivity index (χ4v) is 3.86. The lowest BCUT2D eigenvalue weighted by Gasteiger charge is -2.30. The van der Waals surface area contributed by atoms with Crippen LogP contribution in [0.25, 0.3) is 0 Å². The molecule has 1 aliphatic heterocycles. The SMILES string of the molecule is CCCCOCCCNC(=O)[C@@H]1CCCN1C(=O)/C(C)=C/C(C(C)C)N(C)C(=O)CNC=O. The lowest BCUT2D eigenvalue weighted by atomic mass is 9.99. The molecule has 9 nitrogen and oxygen atoms in total. The van der Waals surface area contributed by atoms with E-state index < -0.39 is 6.04 Å². The van der Waals surface area contributed by atoms with E-state index in [1.54, 1.807) is 24.9 Å². The smallest absolute Gasteiger partial charge is 0.249 e. The molecule has 0 saturated carbocycles. The van der Waals surface area contributed by atoms with Crippen LogP contribution in [-0.4, -0.2) is 85.9 Å². The third-order valence-electron chi connectivity index (χ3n) is 5.84. The molecule has 4 amide bonds. The van der Waals surface area contributed by atoms with Crippen molar-refractivity contribution >= 4 is 24.1 Å². The van der Waals surface area contributed by atoms with Crippen LogP contribution in [0.15, 0.2) is 11.6 Å². The molecule has 188 valence electrons. The van der Waals surface area contributed by atoms with Crippen molar-refractivity contribution < 1.29 is 23.9 Å². The number of unbranched alkanes of at least 4 members (excludes halogenated alkanes) is 1. The maximum Gasteiger partial charge on any atom is 0.249 e. The minimum atomic E-state index is -0.476. The number of hydrogen-bond donors (Lipinski definition) is 2. The van der Waals surface area contributed by atoms with Crippen LogP contribution in [0.5, 0.6) is 0 Å². The molecule has 0 spiro atoms. The number of carbonyl (C=O) groups is 4. The number of ether oxygens (including phenoxy) is 1. The first-order chi connectivity index (χ1) is 15.7. The van der Waals surface area contributed by atoms with Crippen molar-refractivity contribution in [3.63, 3.8) is 0 Å². The minimum Gasteiger partial charge on any atom is -0.381 e. The van der Waals surface area contributed by atoms with Gasteiger partial charge in [0.25, 0.3) is 0 Å². The largest absolute Gasteiger partial charge is 0.381 e. The highest BCUT2D eigenvalue weighted by Crippen LogP contribution is 2.21. The Hall–Kier alpha value is -2.42. The Kier molecular flexibility index (Phi) is 13.4. The van der Waals surface area contributed by atoms with E-state index in [1.165, 1.54) is 4.90 Å². The first-order valence-corrected chi connectivity index (χ1v) is 12.0. The average Bonchev–Trinajstić information content (AvgIpc) is 3.28. The second-order valence-corrected chi connectivity index (χ2v) is 8.85. The summed E-state index contributed by atoms with van der Waals surface area (Å²) in [7, 11) is 1.66. The first kappa shape index (κ1) is 28.6. The molecule has 1 rings (SSSR count). The van der Waals surface area contributed by atoms with E-state index in [9.17, 15) is 19.2 Å². The molecule has 0 aromatic heterocycles. The highest BCUT2D eigenvalue weighted by Gasteiger charge is 2.34. The van der Waals surface area contributed by atoms with E-state index in [0.29, 0.717) is 38.1 Å². The van der Waals surface area contributed by atoms with Gasteiger partial charge in [-0.3, -0.25) is 19.2 Å². The van der Waals surface area contributed by atoms with Gasteiger partial charge in [-0.2, -0.15) is 0 Å². The van der Waals surface area contributed by atoms with Crippen LogP contribution in [0, 0.1) is 5.92 Å². The Morgan fingerprint density at radius 3 is 2.55 bits per heavy atom. The molecule has 2 N–H and O–H groups in total. The number of rotatable bonds is 15. The Morgan fingerprint density at radius 1 is 1.21 bits per heavy atom. The van der Waals surface area contributed by atoms with Crippen molar-refractivity contribution in [3.8, 4) is 0 Å². The van der Waals surface area contributed by atoms with E-state index in [0.717, 1.165) is 32.3 Å². The second kappa shape index (κ2) is 15.4. The molecule has 1 fully saturated rings. The number of nitrogens with one attached hydrogen (secondary N) is 2. The van der Waals surface area contributed by atoms with Crippen LogP contribution < -0.4 is 10.6 Å². The summed E-state index contributed by atoms with van der Waals surface area (Å²) in [5, 5.41) is 5.31. The van der Waals surface area contributed by atoms with Crippen molar-refractivity contribution in [2.75, 3.05) is 39.9 Å². The summed E-state index contributed by atoms with van der Waals surface area (Å²) in [5.74, 6) is -0.493. The number of likely N-dealkylation sites (N-methyl/N-ethyl adjacent to an activating group) is 1. The van der Waals surface area contributed by atoms with Gasteiger partial charge in [-0.1, -0.05) is 33.3 Å². The van der Waals surface area contributed by atoms with Crippen LogP contribution >= 0.6 is 0 Å². The molecule has 1 aliphatic rings. The lowest BCUT2D eigenvalue weighted by molar-refractivity contribution is -0.135. The molecule has 33 heavy (non-hydrogen) atoms. The van der Waals surface area contributed by atoms with Gasteiger partial charge in [0.05, 0.1) is 12.6 Å². The molecule has 0 aromatic carbocycles. The van der Waals surface area contributed by atoms with Crippen molar-refractivity contribution in [2.45, 2.75) is 71.9 Å². The monoisotopic (exact) mass is 466 g/mol. The lowest BCUT2D eigenvalue weighted by Crippen LogP contribution is -2.47. The van der Waals surface area contributed by atoms with Crippen LogP contribution in [0.2, 0.25) is 0 Å². The van der Waals surface area contributed by atoms with Gasteiger partial charge in [0, 0.05) is 38.9 Å². The fourth-order valence-electron chi connectivity index (χ4n) is 3.86. The van der Waals surface area contributed by atoms with E-state index in [1.807, 2.05) is 13.8 Å². The number of carbonyl (C=O) groups excluding carboxylic acids is 4. The molecule has 9 heteroatoms. The van der Waals surface area contributed by atoms with Gasteiger partial charge in [-0.25, -0.2) is 0 Å². The quantitative estimate of drug-likeness (QED) is 0.216. The highest BCUT2D eigenvalue weighted by molar-refractivity contribution is 5.97. The highest BCUT2D eigenvalue weighted by atomic mass is 16.5. The maximum atomic E-state index is 13.2. The minimum absolute atomic E-state index is 0.0650. The zero-order valence-corrected chi connectivity index (χ0v) is 20.9. The molecule has 0 aromatic rings. The van der Waals surface area contributed by atoms with Crippen molar-refractivity contribution in [1.82, 2.24) is 20.4 Å². The van der Waals surface area contributed by atoms with E-state index in [-0.39, 0.29) is 36.2 Å². The molecule has 0 radical (unpaired) electrons. The van der Waals surface area contributed by atoms with Crippen molar-refractivity contribution in [3.05, 3.63) is 11.6 Å². The topological polar surface area (TPSA) is 108 Å². The number of likely N-dealkylation sites (tertiary alicyclic amines) is 1. The molecule has 2 atom stereocenters. The van der Waals surface area contributed by atoms with Crippen LogP contribution in [0.3, 0.4) is 0 Å². The molecule has 0 bridgehead atoms. The summed E-state index contributed by atoms with van der Waals surface area (Å²) in [6.07, 6.45) is 6.56. The van der Waals surface area contributed by atoms with Crippen LogP contribution in [0.4, 0.5) is 0 Å². The average molecular weight is 467 g/mol. The van der Waals surface area contributed by atoms with Gasteiger partial charge >= 0.3 is 0 Å². The fraction of sp³-hybridized carbons (Fsp3) is 0.750. The van der Waals surface area contributed by atoms with Gasteiger partial charge in [0.2, 0.25) is 24.1 Å². The van der Waals surface area contributed by atoms with E-state index in [4.69, 9.17) is 4.74 Å². The Labute approximate surface area is 198 Å². The summed E-state index contributed by atoms with van der Waals surface area (Å²) in [6, 6.07) is -0.784. The molecule has 1 unspecified atom stereocenters. The number of amides is 4. The normalized spacial score (nSPS) is 17.1. The predicted octanol–water partition coefficient (Wildman–Crippen LogP) is 1.48. The Morgan fingerprint density at radius 2 is 1.91 bits per heavy atom. The summed E-state index contributed by atoms with van der Waals surface area (Å²) in [5.41, 5.74) is 0.501. The molecular formula is C24H42N4O5. The Bertz CT molecular complexity index is 680. The van der Waals surface area contributed by atoms with E-state index in [2.05, 4.69) is 17.6 Å². The molecule has 1 saturated heterocycles. The zero-order chi connectivity index (χ0) is 24.8. The Balaban J connectivity index is 2.70. The van der Waals surface area contributed by atoms with Gasteiger partial charge in [-0.15, -0.1) is 0 Å². The zero-order valence-electron chi connectivity index (χ0n) is 20.9. The second-order valence-electron chi connectivity index (χ2n) is 8.85. The molecule has 0 aliphatic carbocycles. The summed E-state index contributed by atoms with van der Waals surface area (Å²) >= 11 is 0. The molecule has 1 heterocycles. The third kappa shape index (κ3) is 9.53. The predicted molar refractivity (Wildman–Crippen MR) is 127 cm³/mol. The van der Waals surface area contributed by atoms with Crippen LogP contribution in [0.1, 0.15) is 59.8 Å². The molecular weight excluding hydrogens is 424 g/mol. The van der Waals surface area contributed by atoms with Gasteiger partial charge < -0.3 is 25.2 Å². The third-order valence-corrected chi connectivity index (χ3v) is 5.84. The first-order valence-electron chi connectivity index (χ1n) is 12.0. The summed E-state index contributed by atoms with van der Waals surface area (Å²) in [6.45, 7) is 10.1. The van der Waals surface area contributed by atoms with Gasteiger partial charge in [0.1, 0.15) is 6.04 Å². The van der Waals surface area contributed by atoms with Gasteiger partial charge in [-0.05, 0) is 38.5 Å². The number of hydrogen-bond acceptors (Lipinski definition) is 5. The maximum absolute atomic E-state index is 13.2. The summed E-state index contributed by atoms with van der Waals surface area (Å²) < 4.78 is 5.51.